The molecule has 3 atom stereocenters. The van der Waals surface area contributed by atoms with Crippen LogP contribution in [-0.4, -0.2) is 24.8 Å². The first-order valence-electron chi connectivity index (χ1n) is 8.42. The second-order valence-corrected chi connectivity index (χ2v) is 7.10. The van der Waals surface area contributed by atoms with E-state index in [1.807, 2.05) is 0 Å². The fourth-order valence-corrected chi connectivity index (χ4v) is 3.79. The van der Waals surface area contributed by atoms with Crippen molar-refractivity contribution < 1.29 is 19.1 Å². The number of amides is 3. The number of nitrogens with one attached hydrogen (secondary N) is 3. The smallest absolute Gasteiger partial charge is 0.318 e. The normalized spacial score (nSPS) is 25.4. The van der Waals surface area contributed by atoms with E-state index < -0.39 is 23.7 Å². The molecule has 0 saturated carbocycles. The summed E-state index contributed by atoms with van der Waals surface area (Å²) in [4.78, 5) is 25.2. The third kappa shape index (κ3) is 3.04. The van der Waals surface area contributed by atoms with Crippen molar-refractivity contribution in [2.24, 2.45) is 5.92 Å². The van der Waals surface area contributed by atoms with Gasteiger partial charge in [-0.3, -0.25) is 10.1 Å². The van der Waals surface area contributed by atoms with E-state index in [0.717, 1.165) is 0 Å². The van der Waals surface area contributed by atoms with Crippen molar-refractivity contribution in [3.05, 3.63) is 53.1 Å². The van der Waals surface area contributed by atoms with Crippen LogP contribution in [0, 0.1) is 5.92 Å². The van der Waals surface area contributed by atoms with Crippen molar-refractivity contribution in [2.75, 3.05) is 12.4 Å². The second kappa shape index (κ2) is 6.35. The minimum atomic E-state index is -1.19. The first-order chi connectivity index (χ1) is 12.9. The van der Waals surface area contributed by atoms with Crippen molar-refractivity contribution in [3.63, 3.8) is 0 Å². The van der Waals surface area contributed by atoms with Gasteiger partial charge in [0.1, 0.15) is 17.4 Å². The van der Waals surface area contributed by atoms with Crippen LogP contribution >= 0.6 is 11.6 Å². The third-order valence-electron chi connectivity index (χ3n) is 4.84. The number of carbonyl (C=O) groups is 2. The number of halogens is 1. The number of rotatable bonds is 3. The van der Waals surface area contributed by atoms with E-state index in [9.17, 15) is 9.59 Å². The summed E-state index contributed by atoms with van der Waals surface area (Å²) < 4.78 is 11.1. The van der Waals surface area contributed by atoms with Crippen LogP contribution in [0.4, 0.5) is 10.5 Å². The highest BCUT2D eigenvalue weighted by Gasteiger charge is 2.55. The maximum Gasteiger partial charge on any atom is 0.318 e. The third-order valence-corrected chi connectivity index (χ3v) is 5.08. The number of carbonyl (C=O) groups excluding carboxylic acids is 2. The molecule has 2 aromatic carbocycles. The molecule has 0 radical (unpaired) electrons. The van der Waals surface area contributed by atoms with E-state index in [1.165, 1.54) is 0 Å². The lowest BCUT2D eigenvalue weighted by molar-refractivity contribution is -0.133. The molecule has 3 amide bonds. The molecule has 1 saturated heterocycles. The fourth-order valence-electron chi connectivity index (χ4n) is 3.61. The molecule has 2 heterocycles. The molecule has 1 fully saturated rings. The summed E-state index contributed by atoms with van der Waals surface area (Å²) in [7, 11) is 1.58. The first kappa shape index (κ1) is 17.5. The van der Waals surface area contributed by atoms with E-state index >= 15 is 0 Å². The zero-order chi connectivity index (χ0) is 19.2. The minimum absolute atomic E-state index is 0.286. The molecule has 2 aliphatic rings. The summed E-state index contributed by atoms with van der Waals surface area (Å²) in [5.74, 6) is 0.275. The van der Waals surface area contributed by atoms with Gasteiger partial charge in [-0.15, -0.1) is 0 Å². The van der Waals surface area contributed by atoms with Crippen molar-refractivity contribution in [2.45, 2.75) is 18.7 Å². The van der Waals surface area contributed by atoms with Gasteiger partial charge in [-0.2, -0.15) is 0 Å². The van der Waals surface area contributed by atoms with Crippen LogP contribution < -0.4 is 25.4 Å². The van der Waals surface area contributed by atoms with Gasteiger partial charge in [0.2, 0.25) is 5.91 Å². The van der Waals surface area contributed by atoms with Gasteiger partial charge in [0, 0.05) is 16.3 Å². The maximum absolute atomic E-state index is 13.1. The Morgan fingerprint density at radius 2 is 2.00 bits per heavy atom. The topological polar surface area (TPSA) is 88.7 Å². The highest BCUT2D eigenvalue weighted by atomic mass is 35.5. The number of fused-ring (bicyclic) bond motifs is 4. The molecule has 2 aromatic rings. The predicted molar refractivity (Wildman–Crippen MR) is 100 cm³/mol. The Bertz CT molecular complexity index is 918. The van der Waals surface area contributed by atoms with Gasteiger partial charge in [-0.25, -0.2) is 4.79 Å². The SMILES string of the molecule is COc1ccc(NC(=O)[C@@H]2[C@H]3NC(=O)N[C@@]2(C)Oc2ccc(Cl)cc23)cc1. The molecule has 0 unspecified atom stereocenters. The molecule has 7 nitrogen and oxygen atoms in total. The predicted octanol–water partition coefficient (Wildman–Crippen LogP) is 3.07. The number of anilines is 1. The number of benzene rings is 2. The standard InChI is InChI=1S/C19H18ClN3O4/c1-19-15(17(24)21-11-4-6-12(26-2)7-5-11)16(22-18(25)23-19)13-9-10(20)3-8-14(13)27-19/h3-9,15-16H,1-2H3,(H,21,24)(H2,22,23,25)/t15-,16-,19-/m0/s1. The molecule has 3 N–H and O–H groups in total. The Morgan fingerprint density at radius 1 is 1.26 bits per heavy atom. The highest BCUT2D eigenvalue weighted by molar-refractivity contribution is 6.30. The summed E-state index contributed by atoms with van der Waals surface area (Å²) >= 11 is 6.11. The molecule has 27 heavy (non-hydrogen) atoms. The number of ether oxygens (including phenoxy) is 2. The molecular formula is C19H18ClN3O4. The number of hydrogen-bond acceptors (Lipinski definition) is 4. The molecule has 0 aliphatic carbocycles. The van der Waals surface area contributed by atoms with Crippen LogP contribution in [0.1, 0.15) is 18.5 Å². The Hall–Kier alpha value is -2.93. The van der Waals surface area contributed by atoms with E-state index in [0.29, 0.717) is 27.8 Å². The summed E-state index contributed by atoms with van der Waals surface area (Å²) in [6.45, 7) is 1.69. The largest absolute Gasteiger partial charge is 0.497 e. The van der Waals surface area contributed by atoms with Gasteiger partial charge in [0.15, 0.2) is 5.72 Å². The average molecular weight is 388 g/mol. The summed E-state index contributed by atoms with van der Waals surface area (Å²) in [5, 5.41) is 8.93. The Labute approximate surface area is 161 Å². The Kier molecular flexibility index (Phi) is 4.11. The number of methoxy groups -OCH3 is 1. The molecule has 8 heteroatoms. The first-order valence-corrected chi connectivity index (χ1v) is 8.79. The van der Waals surface area contributed by atoms with Crippen molar-refractivity contribution in [1.29, 1.82) is 0 Å². The van der Waals surface area contributed by atoms with E-state index in [-0.39, 0.29) is 5.91 Å². The molecule has 140 valence electrons. The van der Waals surface area contributed by atoms with Crippen LogP contribution in [0.3, 0.4) is 0 Å². The minimum Gasteiger partial charge on any atom is -0.497 e. The van der Waals surface area contributed by atoms with Gasteiger partial charge in [-0.1, -0.05) is 11.6 Å². The van der Waals surface area contributed by atoms with Gasteiger partial charge in [0.05, 0.1) is 13.2 Å². The lowest BCUT2D eigenvalue weighted by atomic mass is 9.80. The quantitative estimate of drug-likeness (QED) is 0.755. The van der Waals surface area contributed by atoms with Crippen LogP contribution in [0.15, 0.2) is 42.5 Å². The lowest BCUT2D eigenvalue weighted by Crippen LogP contribution is -2.70. The van der Waals surface area contributed by atoms with Gasteiger partial charge in [0.25, 0.3) is 0 Å². The van der Waals surface area contributed by atoms with E-state index in [2.05, 4.69) is 16.0 Å². The summed E-state index contributed by atoms with van der Waals surface area (Å²) in [5.41, 5.74) is 0.0973. The van der Waals surface area contributed by atoms with Crippen LogP contribution in [0.25, 0.3) is 0 Å². The van der Waals surface area contributed by atoms with Crippen molar-refractivity contribution >= 4 is 29.2 Å². The molecule has 4 rings (SSSR count). The maximum atomic E-state index is 13.1. The van der Waals surface area contributed by atoms with Crippen LogP contribution in [-0.2, 0) is 4.79 Å². The zero-order valence-electron chi connectivity index (χ0n) is 14.7. The summed E-state index contributed by atoms with van der Waals surface area (Å²) in [6.07, 6.45) is 0. The van der Waals surface area contributed by atoms with Gasteiger partial charge >= 0.3 is 6.03 Å². The molecule has 0 aromatic heterocycles. The van der Waals surface area contributed by atoms with Gasteiger partial charge < -0.3 is 20.1 Å². The zero-order valence-corrected chi connectivity index (χ0v) is 15.5. The molecule has 2 aliphatic heterocycles. The second-order valence-electron chi connectivity index (χ2n) is 6.66. The fraction of sp³-hybridized carbons (Fsp3) is 0.263. The van der Waals surface area contributed by atoms with E-state index in [4.69, 9.17) is 21.1 Å². The van der Waals surface area contributed by atoms with Gasteiger partial charge in [-0.05, 0) is 49.4 Å². The molecular weight excluding hydrogens is 370 g/mol. The Balaban J connectivity index is 1.68. The lowest BCUT2D eigenvalue weighted by Gasteiger charge is -2.49. The highest BCUT2D eigenvalue weighted by Crippen LogP contribution is 2.45. The van der Waals surface area contributed by atoms with Crippen LogP contribution in [0.5, 0.6) is 11.5 Å². The molecule has 0 spiro atoms. The van der Waals surface area contributed by atoms with Crippen molar-refractivity contribution in [1.82, 2.24) is 10.6 Å². The van der Waals surface area contributed by atoms with E-state index in [1.54, 1.807) is 56.5 Å². The number of urea groups is 1. The number of hydrogen-bond donors (Lipinski definition) is 3. The van der Waals surface area contributed by atoms with Crippen molar-refractivity contribution in [3.8, 4) is 11.5 Å². The summed E-state index contributed by atoms with van der Waals surface area (Å²) in [6, 6.07) is 11.2. The average Bonchev–Trinajstić information content (AvgIpc) is 2.62. The molecule has 2 bridgehead atoms. The van der Waals surface area contributed by atoms with Crippen LogP contribution in [0.2, 0.25) is 5.02 Å². The monoisotopic (exact) mass is 387 g/mol. The Morgan fingerprint density at radius 3 is 2.70 bits per heavy atom.